The van der Waals surface area contributed by atoms with Crippen molar-refractivity contribution < 1.29 is 19.0 Å². The van der Waals surface area contributed by atoms with Gasteiger partial charge in [0.25, 0.3) is 0 Å². The van der Waals surface area contributed by atoms with E-state index in [9.17, 15) is 4.79 Å². The van der Waals surface area contributed by atoms with Crippen molar-refractivity contribution in [3.8, 4) is 5.75 Å². The lowest BCUT2D eigenvalue weighted by Crippen LogP contribution is -2.35. The van der Waals surface area contributed by atoms with E-state index < -0.39 is 0 Å². The molecule has 0 spiro atoms. The molecule has 4 nitrogen and oxygen atoms in total. The Morgan fingerprint density at radius 1 is 1.09 bits per heavy atom. The van der Waals surface area contributed by atoms with Crippen LogP contribution in [0.25, 0.3) is 0 Å². The van der Waals surface area contributed by atoms with Gasteiger partial charge in [-0.05, 0) is 46.9 Å². The van der Waals surface area contributed by atoms with Gasteiger partial charge in [-0.2, -0.15) is 0 Å². The third kappa shape index (κ3) is 3.93. The number of carbonyl (C=O) groups is 1. The van der Waals surface area contributed by atoms with Crippen LogP contribution in [0.15, 0.2) is 12.1 Å². The van der Waals surface area contributed by atoms with E-state index in [-0.39, 0.29) is 17.6 Å². The van der Waals surface area contributed by atoms with Gasteiger partial charge in [0, 0.05) is 12.7 Å². The average Bonchev–Trinajstić information content (AvgIpc) is 2.51. The fourth-order valence-corrected chi connectivity index (χ4v) is 3.30. The maximum absolute atomic E-state index is 11.6. The largest absolute Gasteiger partial charge is 0.468 e. The Labute approximate surface area is 139 Å². The highest BCUT2D eigenvalue weighted by Crippen LogP contribution is 2.48. The predicted octanol–water partition coefficient (Wildman–Crippen LogP) is 3.85. The number of aldehydes is 1. The molecule has 0 amide bonds. The molecule has 0 saturated carbocycles. The van der Waals surface area contributed by atoms with E-state index in [2.05, 4.69) is 33.8 Å². The second kappa shape index (κ2) is 7.02. The quantitative estimate of drug-likeness (QED) is 0.435. The van der Waals surface area contributed by atoms with Crippen LogP contribution in [0.1, 0.15) is 62.0 Å². The second-order valence-electron chi connectivity index (χ2n) is 7.48. The highest BCUT2D eigenvalue weighted by Gasteiger charge is 2.39. The molecule has 1 aliphatic rings. The smallest absolute Gasteiger partial charge is 0.189 e. The Morgan fingerprint density at radius 3 is 2.43 bits per heavy atom. The highest BCUT2D eigenvalue weighted by atomic mass is 16.7. The highest BCUT2D eigenvalue weighted by molar-refractivity contribution is 5.80. The Morgan fingerprint density at radius 2 is 1.78 bits per heavy atom. The van der Waals surface area contributed by atoms with Crippen LogP contribution < -0.4 is 4.74 Å². The van der Waals surface area contributed by atoms with Crippen LogP contribution in [0.5, 0.6) is 5.75 Å². The zero-order chi connectivity index (χ0) is 17.1. The van der Waals surface area contributed by atoms with E-state index in [1.54, 1.807) is 7.11 Å². The van der Waals surface area contributed by atoms with Crippen molar-refractivity contribution in [3.05, 3.63) is 28.8 Å². The summed E-state index contributed by atoms with van der Waals surface area (Å²) in [6.45, 7) is 10.1. The first-order chi connectivity index (χ1) is 10.8. The molecule has 0 unspecified atom stereocenters. The topological polar surface area (TPSA) is 44.8 Å². The monoisotopic (exact) mass is 320 g/mol. The van der Waals surface area contributed by atoms with Crippen molar-refractivity contribution in [3.63, 3.8) is 0 Å². The minimum Gasteiger partial charge on any atom is -0.468 e. The van der Waals surface area contributed by atoms with Crippen molar-refractivity contribution in [2.75, 3.05) is 27.1 Å². The minimum atomic E-state index is 0.00852. The van der Waals surface area contributed by atoms with Crippen LogP contribution in [0, 0.1) is 0 Å². The molecule has 0 aliphatic heterocycles. The maximum Gasteiger partial charge on any atom is 0.189 e. The summed E-state index contributed by atoms with van der Waals surface area (Å²) >= 11 is 0. The number of benzene rings is 1. The average molecular weight is 320 g/mol. The van der Waals surface area contributed by atoms with Crippen LogP contribution in [0.2, 0.25) is 0 Å². The summed E-state index contributed by atoms with van der Waals surface area (Å²) < 4.78 is 16.0. The zero-order valence-corrected chi connectivity index (χ0v) is 14.9. The second-order valence-corrected chi connectivity index (χ2v) is 7.48. The Bertz CT molecular complexity index is 561. The van der Waals surface area contributed by atoms with Gasteiger partial charge in [0.15, 0.2) is 6.79 Å². The number of carbonyl (C=O) groups excluding carboxylic acids is 1. The van der Waals surface area contributed by atoms with Crippen molar-refractivity contribution >= 4 is 6.29 Å². The van der Waals surface area contributed by atoms with E-state index >= 15 is 0 Å². The molecule has 1 aromatic carbocycles. The summed E-state index contributed by atoms with van der Waals surface area (Å²) in [6, 6.07) is 3.90. The van der Waals surface area contributed by atoms with Crippen molar-refractivity contribution in [2.45, 2.75) is 51.4 Å². The maximum atomic E-state index is 11.6. The molecule has 4 heteroatoms. The molecule has 0 bridgehead atoms. The lowest BCUT2D eigenvalue weighted by atomic mass is 9.62. The summed E-state index contributed by atoms with van der Waals surface area (Å²) in [5.41, 5.74) is 3.15. The predicted molar refractivity (Wildman–Crippen MR) is 90.4 cm³/mol. The van der Waals surface area contributed by atoms with Crippen molar-refractivity contribution in [2.24, 2.45) is 0 Å². The van der Waals surface area contributed by atoms with Gasteiger partial charge in [-0.15, -0.1) is 0 Å². The number of hydrogen-bond acceptors (Lipinski definition) is 4. The van der Waals surface area contributed by atoms with Gasteiger partial charge < -0.3 is 14.2 Å². The molecule has 1 aliphatic carbocycles. The fraction of sp³-hybridized carbons (Fsp3) is 0.632. The van der Waals surface area contributed by atoms with Gasteiger partial charge in [-0.25, -0.2) is 0 Å². The molecule has 0 heterocycles. The van der Waals surface area contributed by atoms with E-state index in [0.717, 1.165) is 30.3 Å². The Hall–Kier alpha value is -1.39. The Kier molecular flexibility index (Phi) is 5.48. The van der Waals surface area contributed by atoms with Crippen LogP contribution in [-0.4, -0.2) is 33.4 Å². The third-order valence-electron chi connectivity index (χ3n) is 4.79. The van der Waals surface area contributed by atoms with E-state index in [4.69, 9.17) is 14.2 Å². The Balaban J connectivity index is 2.29. The van der Waals surface area contributed by atoms with Crippen molar-refractivity contribution in [1.82, 2.24) is 0 Å². The summed E-state index contributed by atoms with van der Waals surface area (Å²) in [5.74, 6) is 0.689. The van der Waals surface area contributed by atoms with Gasteiger partial charge in [-0.3, -0.25) is 4.79 Å². The molecular weight excluding hydrogens is 292 g/mol. The lowest BCUT2D eigenvalue weighted by Gasteiger charge is -2.42. The molecule has 0 radical (unpaired) electrons. The SMILES string of the molecule is COCCOCOc1cc(C=O)c2c(c1)C(C)(C)CCC2(C)C. The van der Waals surface area contributed by atoms with Crippen LogP contribution in [-0.2, 0) is 20.3 Å². The summed E-state index contributed by atoms with van der Waals surface area (Å²) in [4.78, 5) is 11.6. The van der Waals surface area contributed by atoms with Gasteiger partial charge in [0.05, 0.1) is 13.2 Å². The first-order valence-corrected chi connectivity index (χ1v) is 8.15. The summed E-state index contributed by atoms with van der Waals surface area (Å²) in [6.07, 6.45) is 3.12. The fourth-order valence-electron chi connectivity index (χ4n) is 3.30. The van der Waals surface area contributed by atoms with E-state index in [1.807, 2.05) is 6.07 Å². The summed E-state index contributed by atoms with van der Waals surface area (Å²) in [7, 11) is 1.63. The van der Waals surface area contributed by atoms with Gasteiger partial charge >= 0.3 is 0 Å². The van der Waals surface area contributed by atoms with Crippen LogP contribution >= 0.6 is 0 Å². The molecular formula is C19H28O4. The van der Waals surface area contributed by atoms with Crippen LogP contribution in [0.4, 0.5) is 0 Å². The van der Waals surface area contributed by atoms with Gasteiger partial charge in [0.2, 0.25) is 0 Å². The van der Waals surface area contributed by atoms with E-state index in [0.29, 0.717) is 19.0 Å². The van der Waals surface area contributed by atoms with Gasteiger partial charge in [0.1, 0.15) is 12.0 Å². The molecule has 128 valence electrons. The third-order valence-corrected chi connectivity index (χ3v) is 4.79. The molecule has 0 aromatic heterocycles. The molecule has 0 fully saturated rings. The first kappa shape index (κ1) is 18.0. The van der Waals surface area contributed by atoms with Gasteiger partial charge in [-0.1, -0.05) is 27.7 Å². The zero-order valence-electron chi connectivity index (χ0n) is 14.9. The van der Waals surface area contributed by atoms with Crippen LogP contribution in [0.3, 0.4) is 0 Å². The minimum absolute atomic E-state index is 0.00852. The van der Waals surface area contributed by atoms with Crippen molar-refractivity contribution in [1.29, 1.82) is 0 Å². The van der Waals surface area contributed by atoms with E-state index in [1.165, 1.54) is 5.56 Å². The molecule has 2 rings (SSSR count). The molecule has 23 heavy (non-hydrogen) atoms. The number of methoxy groups -OCH3 is 1. The lowest BCUT2D eigenvalue weighted by molar-refractivity contribution is -0.00859. The first-order valence-electron chi connectivity index (χ1n) is 8.15. The number of hydrogen-bond donors (Lipinski definition) is 0. The molecule has 1 aromatic rings. The summed E-state index contributed by atoms with van der Waals surface area (Å²) in [5, 5.41) is 0. The number of fused-ring (bicyclic) bond motifs is 1. The normalized spacial score (nSPS) is 18.3. The standard InChI is InChI=1S/C19H28O4/c1-18(2)6-7-19(3,4)17-14(12-20)10-15(11-16(17)18)23-13-22-9-8-21-5/h10-12H,6-9,13H2,1-5H3. The number of rotatable bonds is 7. The molecule has 0 N–H and O–H groups in total. The molecule has 0 saturated heterocycles. The number of ether oxygens (including phenoxy) is 3. The molecule has 0 atom stereocenters.